The maximum absolute atomic E-state index is 12.2. The summed E-state index contributed by atoms with van der Waals surface area (Å²) in [5.41, 5.74) is 1.03. The van der Waals surface area contributed by atoms with Crippen molar-refractivity contribution in [3.8, 4) is 10.8 Å². The molecule has 5 rings (SSSR count). The molecule has 2 aliphatic heterocycles. The second kappa shape index (κ2) is 5.46. The van der Waals surface area contributed by atoms with Gasteiger partial charge in [-0.3, -0.25) is 9.69 Å². The Kier molecular flexibility index (Phi) is 3.54. The van der Waals surface area contributed by atoms with Crippen LogP contribution in [0.4, 0.5) is 0 Å². The Morgan fingerprint density at radius 2 is 2.35 bits per heavy atom. The van der Waals surface area contributed by atoms with Gasteiger partial charge in [-0.1, -0.05) is 0 Å². The van der Waals surface area contributed by atoms with Crippen LogP contribution in [0.5, 0.6) is 0 Å². The zero-order chi connectivity index (χ0) is 16.0. The van der Waals surface area contributed by atoms with Crippen molar-refractivity contribution in [3.63, 3.8) is 0 Å². The first-order valence-corrected chi connectivity index (χ1v) is 8.91. The second-order valence-corrected chi connectivity index (χ2v) is 7.75. The van der Waals surface area contributed by atoms with E-state index in [2.05, 4.69) is 22.2 Å². The van der Waals surface area contributed by atoms with Gasteiger partial charge >= 0.3 is 0 Å². The molecule has 3 fully saturated rings. The van der Waals surface area contributed by atoms with Crippen molar-refractivity contribution < 1.29 is 9.21 Å². The minimum absolute atomic E-state index is 0.0515. The largest absolute Gasteiger partial charge is 0.459 e. The van der Waals surface area contributed by atoms with Crippen molar-refractivity contribution >= 4 is 17.2 Å². The molecule has 0 atom stereocenters. The van der Waals surface area contributed by atoms with Crippen LogP contribution in [-0.4, -0.2) is 41.5 Å². The fourth-order valence-electron chi connectivity index (χ4n) is 3.86. The summed E-state index contributed by atoms with van der Waals surface area (Å²) in [6, 6.07) is 3.84. The quantitative estimate of drug-likeness (QED) is 0.914. The molecule has 0 aromatic carbocycles. The van der Waals surface area contributed by atoms with Crippen LogP contribution in [0.25, 0.3) is 10.8 Å². The number of nitrogens with zero attached hydrogens (tertiary/aromatic N) is 2. The Balaban J connectivity index is 1.33. The van der Waals surface area contributed by atoms with E-state index in [1.165, 1.54) is 30.7 Å². The third-order valence-electron chi connectivity index (χ3n) is 5.14. The Labute approximate surface area is 139 Å². The number of thiazole rings is 1. The first kappa shape index (κ1) is 14.9. The Morgan fingerprint density at radius 1 is 1.52 bits per heavy atom. The molecule has 5 nitrogen and oxygen atoms in total. The normalized spacial score (nSPS) is 26.3. The van der Waals surface area contributed by atoms with E-state index in [1.807, 2.05) is 24.4 Å². The summed E-state index contributed by atoms with van der Waals surface area (Å²) in [6.45, 7) is 3.84. The molecule has 1 saturated carbocycles. The number of aromatic nitrogens is 1. The molecule has 2 aromatic rings. The first-order valence-electron chi connectivity index (χ1n) is 8.03. The maximum Gasteiger partial charge on any atom is 0.226 e. The van der Waals surface area contributed by atoms with Crippen LogP contribution in [-0.2, 0) is 11.2 Å². The maximum atomic E-state index is 12.2. The highest BCUT2D eigenvalue weighted by atomic mass is 32.1. The van der Waals surface area contributed by atoms with E-state index in [4.69, 9.17) is 4.42 Å². The van der Waals surface area contributed by atoms with Gasteiger partial charge in [0.2, 0.25) is 5.91 Å². The van der Waals surface area contributed by atoms with E-state index in [-0.39, 0.29) is 11.4 Å². The third-order valence-corrected chi connectivity index (χ3v) is 6.04. The number of hydrogen-bond donors (Lipinski definition) is 1. The number of amides is 1. The molecule has 1 aliphatic carbocycles. The number of carbonyl (C=O) groups is 1. The molecule has 23 heavy (non-hydrogen) atoms. The van der Waals surface area contributed by atoms with Crippen LogP contribution in [0, 0.1) is 12.8 Å². The highest BCUT2D eigenvalue weighted by molar-refractivity contribution is 7.13. The number of nitrogens with one attached hydrogen (secondary N) is 1. The van der Waals surface area contributed by atoms with Gasteiger partial charge in [0.05, 0.1) is 12.1 Å². The van der Waals surface area contributed by atoms with Gasteiger partial charge < -0.3 is 9.73 Å². The number of hydrogen-bond acceptors (Lipinski definition) is 5. The lowest BCUT2D eigenvalue weighted by molar-refractivity contribution is -0.121. The molecule has 2 aromatic heterocycles. The van der Waals surface area contributed by atoms with Gasteiger partial charge in [-0.05, 0) is 44.9 Å². The zero-order valence-corrected chi connectivity index (χ0v) is 14.3. The molecule has 3 aliphatic rings. The van der Waals surface area contributed by atoms with Gasteiger partial charge in [-0.25, -0.2) is 4.98 Å². The van der Waals surface area contributed by atoms with E-state index in [1.54, 1.807) is 0 Å². The molecule has 2 saturated heterocycles. The average Bonchev–Trinajstić information content (AvgIpc) is 3.20. The molecule has 6 heteroatoms. The fourth-order valence-corrected chi connectivity index (χ4v) is 4.64. The van der Waals surface area contributed by atoms with Crippen LogP contribution in [0.3, 0.4) is 0 Å². The summed E-state index contributed by atoms with van der Waals surface area (Å²) in [7, 11) is 2.16. The second-order valence-electron chi connectivity index (χ2n) is 6.89. The molecule has 0 radical (unpaired) electrons. The van der Waals surface area contributed by atoms with E-state index in [0.29, 0.717) is 6.42 Å². The molecule has 1 amide bonds. The van der Waals surface area contributed by atoms with Crippen LogP contribution < -0.4 is 5.32 Å². The van der Waals surface area contributed by atoms with Crippen molar-refractivity contribution in [2.75, 3.05) is 20.1 Å². The van der Waals surface area contributed by atoms with Crippen molar-refractivity contribution in [3.05, 3.63) is 29.0 Å². The molecular formula is C17H21N3O2S. The predicted octanol–water partition coefficient (Wildman–Crippen LogP) is 2.46. The van der Waals surface area contributed by atoms with E-state index >= 15 is 0 Å². The predicted molar refractivity (Wildman–Crippen MR) is 89.4 cm³/mol. The summed E-state index contributed by atoms with van der Waals surface area (Å²) in [4.78, 5) is 19.1. The Morgan fingerprint density at radius 3 is 3.00 bits per heavy atom. The summed E-state index contributed by atoms with van der Waals surface area (Å²) in [5.74, 6) is 2.53. The molecule has 1 N–H and O–H groups in total. The standard InChI is InChI=1S/C17H21N3O2S/c1-11-3-4-14(22-11)16-19-13(9-23-16)5-15(21)18-10-17-6-12(7-17)8-20(17)2/h3-4,9,12H,5-8,10H2,1-2H3,(H,18,21). The molecule has 4 heterocycles. The molecule has 2 bridgehead atoms. The molecule has 122 valence electrons. The highest BCUT2D eigenvalue weighted by Gasteiger charge is 2.54. The zero-order valence-electron chi connectivity index (χ0n) is 13.5. The van der Waals surface area contributed by atoms with Gasteiger partial charge in [0.1, 0.15) is 5.76 Å². The lowest BCUT2D eigenvalue weighted by atomic mass is 9.73. The summed E-state index contributed by atoms with van der Waals surface area (Å²) in [5, 5.41) is 5.86. The first-order chi connectivity index (χ1) is 11.0. The third kappa shape index (κ3) is 2.70. The highest BCUT2D eigenvalue weighted by Crippen LogP contribution is 2.49. The minimum Gasteiger partial charge on any atom is -0.459 e. The Bertz CT molecular complexity index is 730. The van der Waals surface area contributed by atoms with E-state index < -0.39 is 0 Å². The van der Waals surface area contributed by atoms with Crippen LogP contribution in [0.15, 0.2) is 21.9 Å². The smallest absolute Gasteiger partial charge is 0.226 e. The van der Waals surface area contributed by atoms with Crippen molar-refractivity contribution in [1.29, 1.82) is 0 Å². The monoisotopic (exact) mass is 331 g/mol. The molecular weight excluding hydrogens is 310 g/mol. The molecule has 0 spiro atoms. The lowest BCUT2D eigenvalue weighted by Gasteiger charge is -2.41. The van der Waals surface area contributed by atoms with E-state index in [0.717, 1.165) is 34.7 Å². The average molecular weight is 331 g/mol. The summed E-state index contributed by atoms with van der Waals surface area (Å²) >= 11 is 1.52. The van der Waals surface area contributed by atoms with Gasteiger partial charge in [0, 0.05) is 24.0 Å². The van der Waals surface area contributed by atoms with Crippen molar-refractivity contribution in [2.45, 2.75) is 31.7 Å². The fraction of sp³-hybridized carbons (Fsp3) is 0.529. The van der Waals surface area contributed by atoms with Gasteiger partial charge in [-0.2, -0.15) is 0 Å². The number of fused-ring (bicyclic) bond motifs is 1. The number of rotatable bonds is 5. The van der Waals surface area contributed by atoms with Crippen molar-refractivity contribution in [2.24, 2.45) is 5.92 Å². The van der Waals surface area contributed by atoms with Gasteiger partial charge in [0.25, 0.3) is 0 Å². The number of likely N-dealkylation sites (N-methyl/N-ethyl adjacent to an activating group) is 1. The number of carbonyl (C=O) groups excluding carboxylic acids is 1. The summed E-state index contributed by atoms with van der Waals surface area (Å²) < 4.78 is 5.58. The van der Waals surface area contributed by atoms with E-state index in [9.17, 15) is 4.79 Å². The molecule has 0 unspecified atom stereocenters. The van der Waals surface area contributed by atoms with Crippen LogP contribution in [0.1, 0.15) is 24.3 Å². The van der Waals surface area contributed by atoms with Crippen LogP contribution in [0.2, 0.25) is 0 Å². The summed E-state index contributed by atoms with van der Waals surface area (Å²) in [6.07, 6.45) is 2.78. The van der Waals surface area contributed by atoms with Crippen LogP contribution >= 0.6 is 11.3 Å². The number of aryl methyl sites for hydroxylation is 1. The minimum atomic E-state index is 0.0515. The SMILES string of the molecule is Cc1ccc(-c2nc(CC(=O)NCC34CC(CN3C)C4)cs2)o1. The number of furan rings is 1. The van der Waals surface area contributed by atoms with Gasteiger partial charge in [0.15, 0.2) is 10.8 Å². The van der Waals surface area contributed by atoms with Crippen molar-refractivity contribution in [1.82, 2.24) is 15.2 Å². The Hall–Kier alpha value is -1.66. The lowest BCUT2D eigenvalue weighted by Crippen LogP contribution is -2.53. The topological polar surface area (TPSA) is 58.4 Å². The van der Waals surface area contributed by atoms with Gasteiger partial charge in [-0.15, -0.1) is 11.3 Å².